The zero-order chi connectivity index (χ0) is 9.26. The molecule has 0 saturated heterocycles. The third kappa shape index (κ3) is 1.51. The zero-order valence-electron chi connectivity index (χ0n) is 7.11. The minimum atomic E-state index is -0.170. The molecular weight excluding hydrogens is 170 g/mol. The highest BCUT2D eigenvalue weighted by molar-refractivity contribution is 5.86. The minimum absolute atomic E-state index is 0.170. The number of hydrogen-bond acceptors (Lipinski definition) is 4. The van der Waals surface area contributed by atoms with Gasteiger partial charge in [0.15, 0.2) is 0 Å². The number of anilines is 2. The van der Waals surface area contributed by atoms with Crippen LogP contribution in [0.5, 0.6) is 0 Å². The van der Waals surface area contributed by atoms with E-state index in [-0.39, 0.29) is 5.91 Å². The quantitative estimate of drug-likeness (QED) is 0.644. The highest BCUT2D eigenvalue weighted by Gasteiger charge is 2.10. The molecule has 0 unspecified atom stereocenters. The summed E-state index contributed by atoms with van der Waals surface area (Å²) in [5.41, 5.74) is 0. The van der Waals surface area contributed by atoms with E-state index < -0.39 is 0 Å². The monoisotopic (exact) mass is 179 g/mol. The summed E-state index contributed by atoms with van der Waals surface area (Å²) in [7, 11) is 0. The maximum atomic E-state index is 10.7. The SMILES string of the molecule is CC(=O)Nc1nc2n(n1)CC=CN2. The second-order valence-corrected chi connectivity index (χ2v) is 2.67. The van der Waals surface area contributed by atoms with Crippen molar-refractivity contribution in [2.24, 2.45) is 0 Å². The van der Waals surface area contributed by atoms with E-state index in [9.17, 15) is 4.79 Å². The van der Waals surface area contributed by atoms with E-state index in [0.717, 1.165) is 0 Å². The smallest absolute Gasteiger partial charge is 0.250 e. The summed E-state index contributed by atoms with van der Waals surface area (Å²) < 4.78 is 1.67. The van der Waals surface area contributed by atoms with Crippen molar-refractivity contribution in [1.82, 2.24) is 14.8 Å². The van der Waals surface area contributed by atoms with E-state index in [0.29, 0.717) is 18.4 Å². The Labute approximate surface area is 74.6 Å². The Balaban J connectivity index is 2.22. The van der Waals surface area contributed by atoms with Crippen LogP contribution >= 0.6 is 0 Å². The van der Waals surface area contributed by atoms with Gasteiger partial charge in [-0.3, -0.25) is 10.1 Å². The van der Waals surface area contributed by atoms with Crippen LogP contribution in [-0.4, -0.2) is 20.7 Å². The number of aromatic nitrogens is 3. The van der Waals surface area contributed by atoms with Crippen LogP contribution in [0.1, 0.15) is 6.92 Å². The zero-order valence-corrected chi connectivity index (χ0v) is 7.11. The van der Waals surface area contributed by atoms with Gasteiger partial charge in [-0.15, -0.1) is 5.10 Å². The topological polar surface area (TPSA) is 71.8 Å². The summed E-state index contributed by atoms with van der Waals surface area (Å²) >= 11 is 0. The number of nitrogens with zero attached hydrogens (tertiary/aromatic N) is 3. The number of carbonyl (C=O) groups is 1. The van der Waals surface area contributed by atoms with E-state index in [1.165, 1.54) is 6.92 Å². The number of fused-ring (bicyclic) bond motifs is 1. The fourth-order valence-electron chi connectivity index (χ4n) is 1.07. The number of carbonyl (C=O) groups excluding carboxylic acids is 1. The third-order valence-electron chi connectivity index (χ3n) is 1.57. The first-order valence-electron chi connectivity index (χ1n) is 3.90. The maximum absolute atomic E-state index is 10.7. The van der Waals surface area contributed by atoms with Crippen LogP contribution in [0, 0.1) is 0 Å². The van der Waals surface area contributed by atoms with Gasteiger partial charge in [0.2, 0.25) is 11.9 Å². The number of rotatable bonds is 1. The molecule has 0 aliphatic carbocycles. The molecule has 2 heterocycles. The average Bonchev–Trinajstić information content (AvgIpc) is 2.44. The van der Waals surface area contributed by atoms with Crippen molar-refractivity contribution in [3.05, 3.63) is 12.3 Å². The number of allylic oxidation sites excluding steroid dienone is 1. The molecule has 1 aromatic heterocycles. The van der Waals surface area contributed by atoms with E-state index in [2.05, 4.69) is 20.7 Å². The van der Waals surface area contributed by atoms with Gasteiger partial charge in [0.05, 0.1) is 6.54 Å². The molecular formula is C7H9N5O. The third-order valence-corrected chi connectivity index (χ3v) is 1.57. The molecule has 2 rings (SSSR count). The molecule has 2 N–H and O–H groups in total. The second-order valence-electron chi connectivity index (χ2n) is 2.67. The van der Waals surface area contributed by atoms with Crippen molar-refractivity contribution < 1.29 is 4.79 Å². The summed E-state index contributed by atoms with van der Waals surface area (Å²) in [4.78, 5) is 14.7. The summed E-state index contributed by atoms with van der Waals surface area (Å²) in [6.07, 6.45) is 3.71. The molecule has 0 spiro atoms. The van der Waals surface area contributed by atoms with Crippen molar-refractivity contribution in [2.45, 2.75) is 13.5 Å². The van der Waals surface area contributed by atoms with E-state index >= 15 is 0 Å². The molecule has 13 heavy (non-hydrogen) atoms. The summed E-state index contributed by atoms with van der Waals surface area (Å²) in [6, 6.07) is 0. The van der Waals surface area contributed by atoms with Crippen molar-refractivity contribution in [3.8, 4) is 0 Å². The lowest BCUT2D eigenvalue weighted by atomic mass is 10.5. The van der Waals surface area contributed by atoms with Crippen LogP contribution in [0.15, 0.2) is 12.3 Å². The molecule has 0 aromatic carbocycles. The van der Waals surface area contributed by atoms with E-state index in [1.807, 2.05) is 6.08 Å². The van der Waals surface area contributed by atoms with Crippen molar-refractivity contribution >= 4 is 17.8 Å². The lowest BCUT2D eigenvalue weighted by molar-refractivity contribution is -0.114. The van der Waals surface area contributed by atoms with Crippen molar-refractivity contribution in [3.63, 3.8) is 0 Å². The molecule has 0 radical (unpaired) electrons. The molecule has 0 fully saturated rings. The highest BCUT2D eigenvalue weighted by Crippen LogP contribution is 2.11. The largest absolute Gasteiger partial charge is 0.331 e. The molecule has 0 atom stereocenters. The predicted molar refractivity (Wildman–Crippen MR) is 47.1 cm³/mol. The summed E-state index contributed by atoms with van der Waals surface area (Å²) in [6.45, 7) is 2.10. The van der Waals surface area contributed by atoms with Crippen LogP contribution in [0.4, 0.5) is 11.9 Å². The predicted octanol–water partition coefficient (Wildman–Crippen LogP) is 0.176. The Morgan fingerprint density at radius 2 is 2.62 bits per heavy atom. The second kappa shape index (κ2) is 2.89. The van der Waals surface area contributed by atoms with Gasteiger partial charge in [-0.1, -0.05) is 0 Å². The van der Waals surface area contributed by atoms with Gasteiger partial charge < -0.3 is 5.32 Å². The first-order chi connectivity index (χ1) is 6.25. The van der Waals surface area contributed by atoms with Crippen LogP contribution in [0.3, 0.4) is 0 Å². The first-order valence-corrected chi connectivity index (χ1v) is 3.90. The Morgan fingerprint density at radius 3 is 3.31 bits per heavy atom. The molecule has 1 aliphatic heterocycles. The van der Waals surface area contributed by atoms with Crippen LogP contribution in [0.2, 0.25) is 0 Å². The summed E-state index contributed by atoms with van der Waals surface area (Å²) in [5.74, 6) is 0.806. The Morgan fingerprint density at radius 1 is 1.77 bits per heavy atom. The first kappa shape index (κ1) is 7.78. The Kier molecular flexibility index (Phi) is 1.73. The van der Waals surface area contributed by atoms with Crippen LogP contribution in [0.25, 0.3) is 0 Å². The fraction of sp³-hybridized carbons (Fsp3) is 0.286. The van der Waals surface area contributed by atoms with Crippen LogP contribution in [-0.2, 0) is 11.3 Å². The standard InChI is InChI=1S/C7H9N5O/c1-5(13)9-6-10-7-8-3-2-4-12(7)11-6/h2-3H,4H2,1H3,(H2,8,9,10,11,13). The summed E-state index contributed by atoms with van der Waals surface area (Å²) in [5, 5.41) is 9.48. The van der Waals surface area contributed by atoms with Gasteiger partial charge >= 0.3 is 0 Å². The van der Waals surface area contributed by atoms with Crippen molar-refractivity contribution in [1.29, 1.82) is 0 Å². The molecule has 1 aromatic rings. The maximum Gasteiger partial charge on any atom is 0.250 e. The number of amides is 1. The lowest BCUT2D eigenvalue weighted by Crippen LogP contribution is -2.09. The van der Waals surface area contributed by atoms with Crippen molar-refractivity contribution in [2.75, 3.05) is 10.6 Å². The fourth-order valence-corrected chi connectivity index (χ4v) is 1.07. The van der Waals surface area contributed by atoms with Gasteiger partial charge in [-0.05, 0) is 6.08 Å². The normalized spacial score (nSPS) is 13.3. The molecule has 68 valence electrons. The Hall–Kier alpha value is -1.85. The van der Waals surface area contributed by atoms with Gasteiger partial charge in [-0.2, -0.15) is 4.98 Å². The van der Waals surface area contributed by atoms with Gasteiger partial charge in [0.25, 0.3) is 5.95 Å². The molecule has 1 aliphatic rings. The lowest BCUT2D eigenvalue weighted by Gasteiger charge is -2.05. The van der Waals surface area contributed by atoms with E-state index in [1.54, 1.807) is 10.9 Å². The van der Waals surface area contributed by atoms with Gasteiger partial charge in [0, 0.05) is 13.1 Å². The average molecular weight is 179 g/mol. The number of hydrogen-bond donors (Lipinski definition) is 2. The van der Waals surface area contributed by atoms with Crippen LogP contribution < -0.4 is 10.6 Å². The Bertz CT molecular complexity index is 341. The molecule has 0 saturated carbocycles. The molecule has 1 amide bonds. The van der Waals surface area contributed by atoms with E-state index in [4.69, 9.17) is 0 Å². The van der Waals surface area contributed by atoms with Gasteiger partial charge in [0.1, 0.15) is 0 Å². The molecule has 6 nitrogen and oxygen atoms in total. The molecule has 6 heteroatoms. The number of nitrogens with one attached hydrogen (secondary N) is 2. The highest BCUT2D eigenvalue weighted by atomic mass is 16.1. The van der Waals surface area contributed by atoms with Gasteiger partial charge in [-0.25, -0.2) is 4.68 Å². The molecule has 0 bridgehead atoms. The minimum Gasteiger partial charge on any atom is -0.331 e.